The summed E-state index contributed by atoms with van der Waals surface area (Å²) in [7, 11) is 0. The topological polar surface area (TPSA) is 24.9 Å². The van der Waals surface area contributed by atoms with Crippen LogP contribution >= 0.6 is 0 Å². The molecule has 1 unspecified atom stereocenters. The minimum Gasteiger partial charge on any atom is -0.313 e. The molecule has 112 valence electrons. The molecule has 2 rings (SSSR count). The Labute approximate surface area is 128 Å². The van der Waals surface area contributed by atoms with Crippen LogP contribution < -0.4 is 5.32 Å². The van der Waals surface area contributed by atoms with E-state index in [-0.39, 0.29) is 5.41 Å². The third-order valence-electron chi connectivity index (χ3n) is 4.17. The van der Waals surface area contributed by atoms with E-state index in [0.717, 1.165) is 25.1 Å². The van der Waals surface area contributed by atoms with E-state index >= 15 is 0 Å². The van der Waals surface area contributed by atoms with Crippen LogP contribution in [-0.4, -0.2) is 17.6 Å². The number of hydrogen-bond donors (Lipinski definition) is 1. The van der Waals surface area contributed by atoms with Gasteiger partial charge in [-0.1, -0.05) is 57.2 Å². The number of nitrogens with one attached hydrogen (secondary N) is 1. The highest BCUT2D eigenvalue weighted by atomic mass is 14.9. The van der Waals surface area contributed by atoms with Gasteiger partial charge in [0.05, 0.1) is 0 Å². The fraction of sp³-hybridized carbons (Fsp3) is 0.421. The summed E-state index contributed by atoms with van der Waals surface area (Å²) < 4.78 is 0. The molecule has 1 atom stereocenters. The van der Waals surface area contributed by atoms with Crippen molar-refractivity contribution in [3.63, 3.8) is 0 Å². The summed E-state index contributed by atoms with van der Waals surface area (Å²) in [5.41, 5.74) is 2.58. The number of pyridine rings is 1. The second-order valence-electron chi connectivity index (χ2n) is 6.12. The maximum Gasteiger partial charge on any atom is 0.0419 e. The van der Waals surface area contributed by atoms with Gasteiger partial charge in [-0.3, -0.25) is 4.98 Å². The van der Waals surface area contributed by atoms with Gasteiger partial charge in [0.15, 0.2) is 0 Å². The van der Waals surface area contributed by atoms with E-state index in [1.807, 2.05) is 12.3 Å². The van der Waals surface area contributed by atoms with Crippen molar-refractivity contribution >= 4 is 0 Å². The average Bonchev–Trinajstić information content (AvgIpc) is 2.53. The lowest BCUT2D eigenvalue weighted by atomic mass is 9.76. The fourth-order valence-electron chi connectivity index (χ4n) is 2.70. The molecule has 0 aliphatic rings. The van der Waals surface area contributed by atoms with E-state index in [1.54, 1.807) is 0 Å². The molecular weight excluding hydrogens is 256 g/mol. The van der Waals surface area contributed by atoms with Crippen molar-refractivity contribution in [1.82, 2.24) is 10.3 Å². The molecule has 0 aliphatic heterocycles. The van der Waals surface area contributed by atoms with E-state index in [1.165, 1.54) is 5.56 Å². The summed E-state index contributed by atoms with van der Waals surface area (Å²) in [6.45, 7) is 7.88. The summed E-state index contributed by atoms with van der Waals surface area (Å²) in [6, 6.07) is 17.3. The molecule has 1 aromatic carbocycles. The third kappa shape index (κ3) is 4.15. The van der Waals surface area contributed by atoms with Crippen LogP contribution in [-0.2, 0) is 11.8 Å². The smallest absolute Gasteiger partial charge is 0.0419 e. The van der Waals surface area contributed by atoms with E-state index in [2.05, 4.69) is 73.5 Å². The van der Waals surface area contributed by atoms with Crippen LogP contribution in [0.4, 0.5) is 0 Å². The number of benzene rings is 1. The van der Waals surface area contributed by atoms with Crippen molar-refractivity contribution < 1.29 is 0 Å². The molecule has 2 aromatic rings. The minimum atomic E-state index is 0.0634. The largest absolute Gasteiger partial charge is 0.313 e. The highest BCUT2D eigenvalue weighted by Crippen LogP contribution is 2.28. The molecule has 0 amide bonds. The van der Waals surface area contributed by atoms with Crippen LogP contribution in [0.1, 0.15) is 38.4 Å². The van der Waals surface area contributed by atoms with Crippen molar-refractivity contribution in [2.45, 2.75) is 45.1 Å². The normalized spacial score (nSPS) is 13.1. The van der Waals surface area contributed by atoms with Gasteiger partial charge < -0.3 is 5.32 Å². The monoisotopic (exact) mass is 282 g/mol. The van der Waals surface area contributed by atoms with Crippen LogP contribution in [0.15, 0.2) is 54.7 Å². The van der Waals surface area contributed by atoms with Crippen molar-refractivity contribution in [3.8, 4) is 0 Å². The Bertz CT molecular complexity index is 520. The molecule has 1 N–H and O–H groups in total. The fourth-order valence-corrected chi connectivity index (χ4v) is 2.70. The van der Waals surface area contributed by atoms with Crippen LogP contribution in [0.5, 0.6) is 0 Å². The number of rotatable bonds is 7. The summed E-state index contributed by atoms with van der Waals surface area (Å²) in [5.74, 6) is 0. The lowest BCUT2D eigenvalue weighted by Crippen LogP contribution is -2.46. The molecule has 2 nitrogen and oxygen atoms in total. The molecule has 1 heterocycles. The van der Waals surface area contributed by atoms with Gasteiger partial charge in [-0.25, -0.2) is 0 Å². The van der Waals surface area contributed by atoms with E-state index in [9.17, 15) is 0 Å². The zero-order valence-corrected chi connectivity index (χ0v) is 13.3. The lowest BCUT2D eigenvalue weighted by Gasteiger charge is -2.36. The van der Waals surface area contributed by atoms with Crippen molar-refractivity contribution in [1.29, 1.82) is 0 Å². The summed E-state index contributed by atoms with van der Waals surface area (Å²) in [4.78, 5) is 4.49. The van der Waals surface area contributed by atoms with E-state index in [0.29, 0.717) is 6.04 Å². The maximum absolute atomic E-state index is 4.49. The van der Waals surface area contributed by atoms with E-state index < -0.39 is 0 Å². The second-order valence-corrected chi connectivity index (χ2v) is 6.12. The van der Waals surface area contributed by atoms with Gasteiger partial charge in [0.1, 0.15) is 0 Å². The maximum atomic E-state index is 4.49. The number of nitrogens with zero attached hydrogens (tertiary/aromatic N) is 1. The first-order chi connectivity index (χ1) is 10.1. The van der Waals surface area contributed by atoms with Crippen LogP contribution in [0.2, 0.25) is 0 Å². The van der Waals surface area contributed by atoms with Gasteiger partial charge in [0.25, 0.3) is 0 Å². The van der Waals surface area contributed by atoms with Gasteiger partial charge in [-0.2, -0.15) is 0 Å². The van der Waals surface area contributed by atoms with E-state index in [4.69, 9.17) is 0 Å². The summed E-state index contributed by atoms with van der Waals surface area (Å²) >= 11 is 0. The zero-order valence-electron chi connectivity index (χ0n) is 13.3. The molecule has 0 saturated carbocycles. The first kappa shape index (κ1) is 15.7. The standard InChI is InChI=1S/C19H26N2/c1-4-13-21-18(15-17-12-8-9-14-20-17)19(2,3)16-10-6-5-7-11-16/h5-12,14,18,21H,4,13,15H2,1-3H3. The van der Waals surface area contributed by atoms with Crippen molar-refractivity contribution in [2.24, 2.45) is 0 Å². The molecule has 1 aromatic heterocycles. The Kier molecular flexibility index (Phi) is 5.51. The Morgan fingerprint density at radius 2 is 1.76 bits per heavy atom. The molecule has 21 heavy (non-hydrogen) atoms. The Balaban J connectivity index is 2.22. The summed E-state index contributed by atoms with van der Waals surface area (Å²) in [5, 5.41) is 3.72. The van der Waals surface area contributed by atoms with Crippen LogP contribution in [0.25, 0.3) is 0 Å². The third-order valence-corrected chi connectivity index (χ3v) is 4.17. The Morgan fingerprint density at radius 3 is 2.38 bits per heavy atom. The minimum absolute atomic E-state index is 0.0634. The molecule has 0 spiro atoms. The molecular formula is C19H26N2. The Hall–Kier alpha value is -1.67. The number of hydrogen-bond acceptors (Lipinski definition) is 2. The molecule has 0 aliphatic carbocycles. The predicted molar refractivity (Wildman–Crippen MR) is 89.5 cm³/mol. The van der Waals surface area contributed by atoms with Gasteiger partial charge in [0.2, 0.25) is 0 Å². The van der Waals surface area contributed by atoms with Crippen molar-refractivity contribution in [2.75, 3.05) is 6.54 Å². The summed E-state index contributed by atoms with van der Waals surface area (Å²) in [6.07, 6.45) is 3.97. The van der Waals surface area contributed by atoms with Crippen molar-refractivity contribution in [3.05, 3.63) is 66.0 Å². The highest BCUT2D eigenvalue weighted by Gasteiger charge is 2.31. The molecule has 0 saturated heterocycles. The Morgan fingerprint density at radius 1 is 1.05 bits per heavy atom. The van der Waals surface area contributed by atoms with Gasteiger partial charge >= 0.3 is 0 Å². The molecule has 0 bridgehead atoms. The van der Waals surface area contributed by atoms with Crippen LogP contribution in [0.3, 0.4) is 0 Å². The first-order valence-corrected chi connectivity index (χ1v) is 7.83. The zero-order chi connectivity index (χ0) is 15.1. The molecule has 0 fully saturated rings. The average molecular weight is 282 g/mol. The quantitative estimate of drug-likeness (QED) is 0.831. The molecule has 2 heteroatoms. The highest BCUT2D eigenvalue weighted by molar-refractivity contribution is 5.26. The predicted octanol–water partition coefficient (Wildman–Crippen LogP) is 3.97. The van der Waals surface area contributed by atoms with Gasteiger partial charge in [-0.15, -0.1) is 0 Å². The van der Waals surface area contributed by atoms with Gasteiger partial charge in [-0.05, 0) is 30.7 Å². The lowest BCUT2D eigenvalue weighted by molar-refractivity contribution is 0.335. The first-order valence-electron chi connectivity index (χ1n) is 7.83. The van der Waals surface area contributed by atoms with Crippen LogP contribution in [0, 0.1) is 0 Å². The second kappa shape index (κ2) is 7.37. The SMILES string of the molecule is CCCNC(Cc1ccccn1)C(C)(C)c1ccccc1. The number of aromatic nitrogens is 1. The van der Waals surface area contributed by atoms with Gasteiger partial charge in [0, 0.05) is 29.8 Å². The molecule has 0 radical (unpaired) electrons.